The van der Waals surface area contributed by atoms with Crippen molar-refractivity contribution in [3.63, 3.8) is 0 Å². The van der Waals surface area contributed by atoms with Crippen LogP contribution in [0.25, 0.3) is 11.4 Å². The molecule has 0 radical (unpaired) electrons. The Morgan fingerprint density at radius 3 is 2.81 bits per heavy atom. The van der Waals surface area contributed by atoms with Crippen molar-refractivity contribution in [1.29, 1.82) is 0 Å². The number of benzene rings is 1. The molecule has 1 aromatic carbocycles. The third kappa shape index (κ3) is 3.90. The van der Waals surface area contributed by atoms with Crippen LogP contribution in [0.2, 0.25) is 0 Å². The first-order valence-corrected chi connectivity index (χ1v) is 9.19. The van der Waals surface area contributed by atoms with Gasteiger partial charge in [-0.1, -0.05) is 12.1 Å². The Morgan fingerprint density at radius 2 is 2.07 bits per heavy atom. The van der Waals surface area contributed by atoms with Crippen LogP contribution >= 0.6 is 0 Å². The van der Waals surface area contributed by atoms with E-state index in [9.17, 15) is 4.79 Å². The zero-order valence-electron chi connectivity index (χ0n) is 15.3. The number of rotatable bonds is 5. The van der Waals surface area contributed by atoms with Crippen molar-refractivity contribution in [2.45, 2.75) is 26.4 Å². The predicted octanol–water partition coefficient (Wildman–Crippen LogP) is 2.79. The molecule has 0 saturated heterocycles. The number of fused-ring (bicyclic) bond motifs is 1. The maximum atomic E-state index is 12.6. The van der Waals surface area contributed by atoms with Gasteiger partial charge in [0, 0.05) is 44.0 Å². The van der Waals surface area contributed by atoms with Gasteiger partial charge in [0.15, 0.2) is 0 Å². The molecular formula is C21H22N4O2. The molecule has 1 N–H and O–H groups in total. The number of aromatic amines is 1. The van der Waals surface area contributed by atoms with Crippen LogP contribution in [0, 0.1) is 0 Å². The molecule has 0 saturated carbocycles. The highest BCUT2D eigenvalue weighted by atomic mass is 16.5. The van der Waals surface area contributed by atoms with E-state index in [1.807, 2.05) is 31.2 Å². The molecular weight excluding hydrogens is 340 g/mol. The van der Waals surface area contributed by atoms with Crippen LogP contribution in [0.3, 0.4) is 0 Å². The van der Waals surface area contributed by atoms with E-state index in [-0.39, 0.29) is 5.56 Å². The molecule has 0 atom stereocenters. The van der Waals surface area contributed by atoms with Gasteiger partial charge in [0.1, 0.15) is 11.6 Å². The van der Waals surface area contributed by atoms with Crippen molar-refractivity contribution in [1.82, 2.24) is 19.9 Å². The fraction of sp³-hybridized carbons (Fsp3) is 0.286. The smallest absolute Gasteiger partial charge is 0.255 e. The van der Waals surface area contributed by atoms with E-state index in [0.29, 0.717) is 19.0 Å². The largest absolute Gasteiger partial charge is 0.494 e. The van der Waals surface area contributed by atoms with Gasteiger partial charge in [0.05, 0.1) is 17.9 Å². The number of pyridine rings is 1. The zero-order chi connectivity index (χ0) is 18.6. The topological polar surface area (TPSA) is 71.1 Å². The number of H-pyrrole nitrogens is 1. The highest BCUT2D eigenvalue weighted by Crippen LogP contribution is 2.20. The Kier molecular flexibility index (Phi) is 4.98. The van der Waals surface area contributed by atoms with Gasteiger partial charge in [0.2, 0.25) is 0 Å². The second-order valence-corrected chi connectivity index (χ2v) is 6.62. The van der Waals surface area contributed by atoms with Crippen molar-refractivity contribution in [2.24, 2.45) is 0 Å². The number of hydrogen-bond acceptors (Lipinski definition) is 5. The summed E-state index contributed by atoms with van der Waals surface area (Å²) in [5.41, 5.74) is 3.63. The van der Waals surface area contributed by atoms with Gasteiger partial charge in [-0.3, -0.25) is 14.7 Å². The molecule has 6 nitrogen and oxygen atoms in total. The van der Waals surface area contributed by atoms with Crippen LogP contribution in [-0.2, 0) is 19.5 Å². The van der Waals surface area contributed by atoms with Gasteiger partial charge in [-0.2, -0.15) is 0 Å². The molecule has 0 unspecified atom stereocenters. The Morgan fingerprint density at radius 1 is 1.22 bits per heavy atom. The summed E-state index contributed by atoms with van der Waals surface area (Å²) >= 11 is 0. The van der Waals surface area contributed by atoms with Crippen molar-refractivity contribution < 1.29 is 4.74 Å². The van der Waals surface area contributed by atoms with E-state index in [4.69, 9.17) is 4.74 Å². The molecule has 0 bridgehead atoms. The van der Waals surface area contributed by atoms with Gasteiger partial charge >= 0.3 is 0 Å². The number of nitrogens with zero attached hydrogens (tertiary/aromatic N) is 3. The summed E-state index contributed by atoms with van der Waals surface area (Å²) in [7, 11) is 0. The summed E-state index contributed by atoms with van der Waals surface area (Å²) in [5, 5.41) is 0. The summed E-state index contributed by atoms with van der Waals surface area (Å²) in [4.78, 5) is 26.6. The fourth-order valence-electron chi connectivity index (χ4n) is 3.37. The van der Waals surface area contributed by atoms with Crippen LogP contribution in [0.1, 0.15) is 23.7 Å². The summed E-state index contributed by atoms with van der Waals surface area (Å²) < 4.78 is 5.49. The van der Waals surface area contributed by atoms with Crippen molar-refractivity contribution in [3.05, 3.63) is 76.0 Å². The lowest BCUT2D eigenvalue weighted by Crippen LogP contribution is -2.35. The maximum absolute atomic E-state index is 12.6. The fourth-order valence-corrected chi connectivity index (χ4v) is 3.37. The predicted molar refractivity (Wildman–Crippen MR) is 104 cm³/mol. The van der Waals surface area contributed by atoms with Crippen LogP contribution in [0.5, 0.6) is 5.75 Å². The Hall–Kier alpha value is -2.99. The molecule has 6 heteroatoms. The Labute approximate surface area is 157 Å². The molecule has 0 amide bonds. The molecule has 3 heterocycles. The third-order valence-corrected chi connectivity index (χ3v) is 4.72. The minimum atomic E-state index is -0.0600. The summed E-state index contributed by atoms with van der Waals surface area (Å²) in [6.45, 7) is 4.93. The lowest BCUT2D eigenvalue weighted by Gasteiger charge is -2.27. The van der Waals surface area contributed by atoms with E-state index in [2.05, 4.69) is 32.0 Å². The highest BCUT2D eigenvalue weighted by molar-refractivity contribution is 5.53. The van der Waals surface area contributed by atoms with Gasteiger partial charge < -0.3 is 9.72 Å². The summed E-state index contributed by atoms with van der Waals surface area (Å²) in [6, 6.07) is 11.9. The van der Waals surface area contributed by atoms with Crippen LogP contribution < -0.4 is 10.3 Å². The lowest BCUT2D eigenvalue weighted by atomic mass is 10.1. The summed E-state index contributed by atoms with van der Waals surface area (Å²) in [6.07, 6.45) is 4.19. The highest BCUT2D eigenvalue weighted by Gasteiger charge is 2.21. The van der Waals surface area contributed by atoms with Gasteiger partial charge in [-0.05, 0) is 36.8 Å². The van der Waals surface area contributed by atoms with E-state index in [1.165, 1.54) is 5.56 Å². The monoisotopic (exact) mass is 362 g/mol. The van der Waals surface area contributed by atoms with Crippen molar-refractivity contribution in [3.8, 4) is 17.1 Å². The van der Waals surface area contributed by atoms with E-state index < -0.39 is 0 Å². The first-order chi connectivity index (χ1) is 13.2. The standard InChI is InChI=1S/C21H22N4O2/c1-2-27-17-7-5-15(6-8-17)13-25-11-9-19-18(14-25)21(26)24-20(23-19)16-4-3-10-22-12-16/h3-8,10,12H,2,9,11,13-14H2,1H3,(H,23,24,26). The molecule has 1 aliphatic rings. The number of nitrogens with one attached hydrogen (secondary N) is 1. The SMILES string of the molecule is CCOc1ccc(CN2CCc3nc(-c4cccnc4)[nH]c(=O)c3C2)cc1. The summed E-state index contributed by atoms with van der Waals surface area (Å²) in [5.74, 6) is 1.47. The van der Waals surface area contributed by atoms with Crippen molar-refractivity contribution in [2.75, 3.05) is 13.2 Å². The first-order valence-electron chi connectivity index (χ1n) is 9.19. The van der Waals surface area contributed by atoms with E-state index >= 15 is 0 Å². The minimum Gasteiger partial charge on any atom is -0.494 e. The van der Waals surface area contributed by atoms with E-state index in [0.717, 1.165) is 42.1 Å². The second-order valence-electron chi connectivity index (χ2n) is 6.62. The average Bonchev–Trinajstić information content (AvgIpc) is 2.71. The Balaban J connectivity index is 1.51. The van der Waals surface area contributed by atoms with Gasteiger partial charge in [-0.15, -0.1) is 0 Å². The maximum Gasteiger partial charge on any atom is 0.255 e. The molecule has 0 fully saturated rings. The molecule has 0 spiro atoms. The zero-order valence-corrected chi connectivity index (χ0v) is 15.3. The quantitative estimate of drug-likeness (QED) is 0.756. The lowest BCUT2D eigenvalue weighted by molar-refractivity contribution is 0.241. The average molecular weight is 362 g/mol. The molecule has 0 aliphatic carbocycles. The molecule has 4 rings (SSSR count). The Bertz CT molecular complexity index is 968. The molecule has 27 heavy (non-hydrogen) atoms. The van der Waals surface area contributed by atoms with Gasteiger partial charge in [0.25, 0.3) is 5.56 Å². The molecule has 2 aromatic heterocycles. The van der Waals surface area contributed by atoms with Crippen LogP contribution in [-0.4, -0.2) is 33.0 Å². The number of ether oxygens (including phenoxy) is 1. The third-order valence-electron chi connectivity index (χ3n) is 4.72. The number of aromatic nitrogens is 3. The number of hydrogen-bond donors (Lipinski definition) is 1. The first kappa shape index (κ1) is 17.4. The molecule has 1 aliphatic heterocycles. The minimum absolute atomic E-state index is 0.0600. The van der Waals surface area contributed by atoms with Gasteiger partial charge in [-0.25, -0.2) is 4.98 Å². The van der Waals surface area contributed by atoms with E-state index in [1.54, 1.807) is 12.4 Å². The molecule has 3 aromatic rings. The van der Waals surface area contributed by atoms with Crippen LogP contribution in [0.15, 0.2) is 53.6 Å². The van der Waals surface area contributed by atoms with Crippen molar-refractivity contribution >= 4 is 0 Å². The normalized spacial score (nSPS) is 14.0. The molecule has 138 valence electrons. The second kappa shape index (κ2) is 7.72. The van der Waals surface area contributed by atoms with Crippen LogP contribution in [0.4, 0.5) is 0 Å².